The summed E-state index contributed by atoms with van der Waals surface area (Å²) in [5.41, 5.74) is -0.115. The monoisotopic (exact) mass is 675 g/mol. The van der Waals surface area contributed by atoms with Crippen LogP contribution in [0.5, 0.6) is 5.75 Å². The topological polar surface area (TPSA) is 124 Å². The van der Waals surface area contributed by atoms with Gasteiger partial charge < -0.3 is 14.7 Å². The molecule has 2 aromatic heterocycles. The van der Waals surface area contributed by atoms with Crippen LogP contribution in [0, 0.1) is 0 Å². The van der Waals surface area contributed by atoms with Crippen molar-refractivity contribution < 1.29 is 32.6 Å². The summed E-state index contributed by atoms with van der Waals surface area (Å²) in [6.45, 7) is 9.97. The number of thiazole rings is 1. The van der Waals surface area contributed by atoms with E-state index in [0.717, 1.165) is 30.3 Å². The number of amides is 1. The molecule has 0 radical (unpaired) electrons. The summed E-state index contributed by atoms with van der Waals surface area (Å²) in [7, 11) is 0. The van der Waals surface area contributed by atoms with Gasteiger partial charge in [-0.15, -0.1) is 0 Å². The van der Waals surface area contributed by atoms with Crippen LogP contribution in [0.1, 0.15) is 67.4 Å². The average Bonchev–Trinajstić information content (AvgIpc) is 3.63. The Morgan fingerprint density at radius 2 is 1.91 bits per heavy atom. The van der Waals surface area contributed by atoms with E-state index in [0.29, 0.717) is 62.3 Å². The Kier molecular flexibility index (Phi) is 11.0. The fourth-order valence-electron chi connectivity index (χ4n) is 5.92. The van der Waals surface area contributed by atoms with Gasteiger partial charge in [0.2, 0.25) is 0 Å². The number of rotatable bonds is 12. The van der Waals surface area contributed by atoms with E-state index in [9.17, 15) is 22.8 Å². The van der Waals surface area contributed by atoms with Crippen LogP contribution in [0.3, 0.4) is 0 Å². The summed E-state index contributed by atoms with van der Waals surface area (Å²) in [5.74, 6) is -0.973. The molecule has 11 nitrogen and oxygen atoms in total. The number of alkyl halides is 3. The van der Waals surface area contributed by atoms with Gasteiger partial charge in [-0.3, -0.25) is 24.7 Å². The number of hydrogen-bond acceptors (Lipinski definition) is 10. The Hall–Kier alpha value is -3.82. The summed E-state index contributed by atoms with van der Waals surface area (Å²) in [4.78, 5) is 44.8. The minimum atomic E-state index is -4.62. The van der Waals surface area contributed by atoms with Crippen LogP contribution in [0.4, 0.5) is 24.1 Å². The Balaban J connectivity index is 1.34. The number of aromatic nitrogens is 3. The normalized spacial score (nSPS) is 19.2. The lowest BCUT2D eigenvalue weighted by Gasteiger charge is -2.40. The van der Waals surface area contributed by atoms with Gasteiger partial charge in [-0.05, 0) is 57.9 Å². The first-order valence-electron chi connectivity index (χ1n) is 15.8. The van der Waals surface area contributed by atoms with E-state index in [2.05, 4.69) is 37.0 Å². The summed E-state index contributed by atoms with van der Waals surface area (Å²) in [6.07, 6.45) is 1.03. The lowest BCUT2D eigenvalue weighted by molar-refractivity contribution is -0.139. The molecule has 0 unspecified atom stereocenters. The van der Waals surface area contributed by atoms with E-state index in [1.165, 1.54) is 29.8 Å². The van der Waals surface area contributed by atoms with Gasteiger partial charge in [-0.1, -0.05) is 18.3 Å². The zero-order valence-electron chi connectivity index (χ0n) is 26.7. The molecule has 0 aliphatic carbocycles. The van der Waals surface area contributed by atoms with Crippen molar-refractivity contribution in [3.63, 3.8) is 0 Å². The molecular formula is C32H40F3N7O4S. The van der Waals surface area contributed by atoms with Crippen molar-refractivity contribution in [2.75, 3.05) is 49.5 Å². The zero-order chi connectivity index (χ0) is 33.7. The van der Waals surface area contributed by atoms with E-state index in [1.807, 2.05) is 18.7 Å². The summed E-state index contributed by atoms with van der Waals surface area (Å²) in [6, 6.07) is 4.43. The number of likely N-dealkylation sites (tertiary alicyclic amines) is 1. The van der Waals surface area contributed by atoms with E-state index in [1.54, 1.807) is 6.07 Å². The standard InChI is InChI=1S/C32H40F3N7O4S/c1-4-14-46-25-8-7-22(15-23(25)32(33,34)35)29-26(19-41-10-5-6-20(41)2)47-31(38-29)39-30(45)24-16-37-27(17-36-24)42-13-12-40(21(3)18-42)11-9-28(43)44/h7-8,15-17,20-21H,4-6,9-14,18-19H2,1-3H3,(H,43,44)(H,38,39,45)/t20-,21+/m1/s1. The highest BCUT2D eigenvalue weighted by Crippen LogP contribution is 2.41. The molecule has 4 heterocycles. The number of carbonyl (C=O) groups excluding carboxylic acids is 1. The molecule has 0 saturated carbocycles. The van der Waals surface area contributed by atoms with Gasteiger partial charge in [0.1, 0.15) is 17.3 Å². The van der Waals surface area contributed by atoms with Crippen LogP contribution in [0.2, 0.25) is 0 Å². The molecule has 15 heteroatoms. The predicted octanol–water partition coefficient (Wildman–Crippen LogP) is 5.63. The van der Waals surface area contributed by atoms with Gasteiger partial charge in [-0.2, -0.15) is 13.2 Å². The highest BCUT2D eigenvalue weighted by molar-refractivity contribution is 7.16. The Morgan fingerprint density at radius 3 is 2.55 bits per heavy atom. The second-order valence-electron chi connectivity index (χ2n) is 12.0. The van der Waals surface area contributed by atoms with Crippen LogP contribution in [-0.2, 0) is 17.5 Å². The third kappa shape index (κ3) is 8.56. The Labute approximate surface area is 275 Å². The fourth-order valence-corrected chi connectivity index (χ4v) is 6.93. The van der Waals surface area contributed by atoms with E-state index in [4.69, 9.17) is 9.84 Å². The smallest absolute Gasteiger partial charge is 0.419 e. The van der Waals surface area contributed by atoms with Crippen LogP contribution < -0.4 is 15.0 Å². The van der Waals surface area contributed by atoms with Crippen molar-refractivity contribution in [3.8, 4) is 17.0 Å². The molecule has 47 heavy (non-hydrogen) atoms. The number of nitrogens with one attached hydrogen (secondary N) is 1. The second kappa shape index (κ2) is 14.9. The minimum absolute atomic E-state index is 0.0742. The molecule has 2 N–H and O–H groups in total. The summed E-state index contributed by atoms with van der Waals surface area (Å²) >= 11 is 1.23. The number of ether oxygens (including phenoxy) is 1. The third-order valence-electron chi connectivity index (χ3n) is 8.55. The van der Waals surface area contributed by atoms with Crippen LogP contribution >= 0.6 is 11.3 Å². The maximum atomic E-state index is 14.1. The molecule has 2 atom stereocenters. The van der Waals surface area contributed by atoms with Crippen LogP contribution in [-0.4, -0.2) is 93.1 Å². The van der Waals surface area contributed by atoms with Crippen LogP contribution in [0.25, 0.3) is 11.3 Å². The summed E-state index contributed by atoms with van der Waals surface area (Å²) in [5, 5.41) is 12.0. The molecule has 2 saturated heterocycles. The number of anilines is 2. The largest absolute Gasteiger partial charge is 0.493 e. The van der Waals surface area contributed by atoms with Crippen molar-refractivity contribution in [2.24, 2.45) is 0 Å². The average molecular weight is 676 g/mol. The quantitative estimate of drug-likeness (QED) is 0.250. The van der Waals surface area contributed by atoms with E-state index >= 15 is 0 Å². The molecule has 1 amide bonds. The van der Waals surface area contributed by atoms with Crippen LogP contribution in [0.15, 0.2) is 30.6 Å². The third-order valence-corrected chi connectivity index (χ3v) is 9.50. The number of halogens is 3. The van der Waals surface area contributed by atoms with Gasteiger partial charge in [0.25, 0.3) is 5.91 Å². The molecule has 0 bridgehead atoms. The van der Waals surface area contributed by atoms with Crippen molar-refractivity contribution in [3.05, 3.63) is 46.7 Å². The molecule has 3 aromatic rings. The maximum Gasteiger partial charge on any atom is 0.419 e. The van der Waals surface area contributed by atoms with Crippen molar-refractivity contribution >= 4 is 34.2 Å². The number of piperazine rings is 1. The number of aliphatic carboxylic acids is 1. The highest BCUT2D eigenvalue weighted by Gasteiger charge is 2.35. The Morgan fingerprint density at radius 1 is 1.11 bits per heavy atom. The fraction of sp³-hybridized carbons (Fsp3) is 0.531. The molecule has 2 aliphatic heterocycles. The SMILES string of the molecule is CCCOc1ccc(-c2nc(NC(=O)c3cnc(N4CCN(CCC(=O)O)[C@@H](C)C4)cn3)sc2CN2CCC[C@H]2C)cc1C(F)(F)F. The summed E-state index contributed by atoms with van der Waals surface area (Å²) < 4.78 is 47.6. The van der Waals surface area contributed by atoms with Crippen molar-refractivity contribution in [2.45, 2.75) is 71.3 Å². The Bertz CT molecular complexity index is 1550. The number of benzene rings is 1. The molecule has 5 rings (SSSR count). The van der Waals surface area contributed by atoms with Crippen molar-refractivity contribution in [1.82, 2.24) is 24.8 Å². The number of carboxylic acid groups (broad SMARTS) is 1. The molecular weight excluding hydrogens is 635 g/mol. The molecule has 1 aromatic carbocycles. The predicted molar refractivity (Wildman–Crippen MR) is 173 cm³/mol. The number of hydrogen-bond donors (Lipinski definition) is 2. The molecule has 0 spiro atoms. The van der Waals surface area contributed by atoms with Gasteiger partial charge in [0.15, 0.2) is 5.13 Å². The molecule has 254 valence electrons. The molecule has 2 aliphatic rings. The zero-order valence-corrected chi connectivity index (χ0v) is 27.5. The lowest BCUT2D eigenvalue weighted by Crippen LogP contribution is -2.52. The van der Waals surface area contributed by atoms with Gasteiger partial charge in [-0.25, -0.2) is 15.0 Å². The first kappa shape index (κ1) is 34.5. The van der Waals surface area contributed by atoms with E-state index in [-0.39, 0.29) is 35.6 Å². The van der Waals surface area contributed by atoms with Gasteiger partial charge >= 0.3 is 12.1 Å². The lowest BCUT2D eigenvalue weighted by atomic mass is 10.1. The first-order chi connectivity index (χ1) is 22.4. The first-order valence-corrected chi connectivity index (χ1v) is 16.7. The second-order valence-corrected chi connectivity index (χ2v) is 13.1. The minimum Gasteiger partial charge on any atom is -0.493 e. The van der Waals surface area contributed by atoms with Gasteiger partial charge in [0.05, 0.1) is 36.7 Å². The number of carbonyl (C=O) groups is 2. The van der Waals surface area contributed by atoms with E-state index < -0.39 is 23.6 Å². The van der Waals surface area contributed by atoms with Gasteiger partial charge in [0, 0.05) is 55.2 Å². The highest BCUT2D eigenvalue weighted by atomic mass is 32.1. The number of carboxylic acids is 1. The number of nitrogens with zero attached hydrogens (tertiary/aromatic N) is 6. The van der Waals surface area contributed by atoms with Crippen molar-refractivity contribution in [1.29, 1.82) is 0 Å². The maximum absolute atomic E-state index is 14.1. The molecule has 2 fully saturated rings.